The first-order valence-corrected chi connectivity index (χ1v) is 5.86. The molecule has 0 atom stereocenters. The van der Waals surface area contributed by atoms with E-state index in [1.54, 1.807) is 6.07 Å². The fourth-order valence-corrected chi connectivity index (χ4v) is 2.37. The molecule has 1 aliphatic heterocycles. The summed E-state index contributed by atoms with van der Waals surface area (Å²) < 4.78 is 2.01. The van der Waals surface area contributed by atoms with Crippen LogP contribution >= 0.6 is 23.2 Å². The van der Waals surface area contributed by atoms with Crippen molar-refractivity contribution in [1.29, 1.82) is 0 Å². The van der Waals surface area contributed by atoms with Crippen molar-refractivity contribution in [2.24, 2.45) is 7.05 Å². The molecule has 6 heteroatoms. The van der Waals surface area contributed by atoms with Crippen LogP contribution in [0.3, 0.4) is 0 Å². The quantitative estimate of drug-likeness (QED) is 0.736. The van der Waals surface area contributed by atoms with Gasteiger partial charge in [-0.25, -0.2) is 9.97 Å². The lowest BCUT2D eigenvalue weighted by molar-refractivity contribution is 0.591. The van der Waals surface area contributed by atoms with Crippen molar-refractivity contribution in [3.63, 3.8) is 0 Å². The summed E-state index contributed by atoms with van der Waals surface area (Å²) in [6, 6.07) is 1.79. The second kappa shape index (κ2) is 3.50. The van der Waals surface area contributed by atoms with Crippen LogP contribution in [0, 0.1) is 0 Å². The molecule has 0 radical (unpaired) electrons. The van der Waals surface area contributed by atoms with Gasteiger partial charge in [0.2, 0.25) is 5.95 Å². The third-order valence-corrected chi connectivity index (χ3v) is 3.37. The Morgan fingerprint density at radius 3 is 2.62 bits per heavy atom. The number of pyridine rings is 1. The second-order valence-electron chi connectivity index (χ2n) is 3.91. The monoisotopic (exact) mass is 256 g/mol. The molecule has 0 saturated carbocycles. The van der Waals surface area contributed by atoms with Gasteiger partial charge in [-0.3, -0.25) is 0 Å². The van der Waals surface area contributed by atoms with Gasteiger partial charge in [0.1, 0.15) is 10.7 Å². The van der Waals surface area contributed by atoms with E-state index in [2.05, 4.69) is 14.9 Å². The third kappa shape index (κ3) is 1.37. The van der Waals surface area contributed by atoms with Crippen molar-refractivity contribution in [1.82, 2.24) is 14.5 Å². The molecule has 3 rings (SSSR count). The van der Waals surface area contributed by atoms with E-state index in [1.807, 2.05) is 11.6 Å². The second-order valence-corrected chi connectivity index (χ2v) is 4.66. The minimum Gasteiger partial charge on any atom is -0.342 e. The Bertz CT molecular complexity index is 559. The van der Waals surface area contributed by atoms with Crippen molar-refractivity contribution in [2.75, 3.05) is 18.0 Å². The van der Waals surface area contributed by atoms with E-state index in [-0.39, 0.29) is 0 Å². The van der Waals surface area contributed by atoms with E-state index in [9.17, 15) is 0 Å². The lowest BCUT2D eigenvalue weighted by Crippen LogP contribution is -2.38. The molecule has 84 valence electrons. The van der Waals surface area contributed by atoms with Crippen LogP contribution in [0.4, 0.5) is 5.95 Å². The molecule has 4 nitrogen and oxygen atoms in total. The molecule has 2 aromatic heterocycles. The van der Waals surface area contributed by atoms with Gasteiger partial charge < -0.3 is 9.47 Å². The van der Waals surface area contributed by atoms with E-state index in [1.165, 1.54) is 6.42 Å². The Morgan fingerprint density at radius 2 is 2.00 bits per heavy atom. The van der Waals surface area contributed by atoms with Crippen molar-refractivity contribution in [3.8, 4) is 0 Å². The average Bonchev–Trinajstić information content (AvgIpc) is 2.44. The Balaban J connectivity index is 2.25. The van der Waals surface area contributed by atoms with Gasteiger partial charge in [0.05, 0.1) is 5.52 Å². The van der Waals surface area contributed by atoms with Gasteiger partial charge in [-0.1, -0.05) is 23.2 Å². The number of anilines is 1. The Labute approximate surface area is 103 Å². The highest BCUT2D eigenvalue weighted by atomic mass is 35.5. The first-order valence-electron chi connectivity index (χ1n) is 5.10. The van der Waals surface area contributed by atoms with Crippen LogP contribution in [0.25, 0.3) is 11.0 Å². The summed E-state index contributed by atoms with van der Waals surface area (Å²) in [6.45, 7) is 2.10. The van der Waals surface area contributed by atoms with E-state index in [4.69, 9.17) is 23.2 Å². The summed E-state index contributed by atoms with van der Waals surface area (Å²) in [7, 11) is 1.97. The first-order chi connectivity index (χ1) is 7.66. The van der Waals surface area contributed by atoms with Gasteiger partial charge in [0.25, 0.3) is 0 Å². The van der Waals surface area contributed by atoms with E-state index >= 15 is 0 Å². The Hall–Kier alpha value is -1.000. The van der Waals surface area contributed by atoms with Crippen LogP contribution in [-0.4, -0.2) is 27.6 Å². The summed E-state index contributed by atoms with van der Waals surface area (Å²) in [5.41, 5.74) is 1.64. The van der Waals surface area contributed by atoms with Gasteiger partial charge in [-0.05, 0) is 6.42 Å². The molecule has 3 heterocycles. The standard InChI is InChI=1S/C10H10Cl2N4/c1-15-6-5-7(11)13-9(12)8(6)14-10(15)16-3-2-4-16/h5H,2-4H2,1H3. The molecule has 0 bridgehead atoms. The highest BCUT2D eigenvalue weighted by Gasteiger charge is 2.21. The molecule has 0 N–H and O–H groups in total. The maximum atomic E-state index is 6.02. The SMILES string of the molecule is Cn1c(N2CCC2)nc2c(Cl)nc(Cl)cc21. The zero-order valence-corrected chi connectivity index (χ0v) is 10.3. The van der Waals surface area contributed by atoms with Crippen molar-refractivity contribution >= 4 is 40.2 Å². The molecule has 0 spiro atoms. The number of fused-ring (bicyclic) bond motifs is 1. The number of hydrogen-bond acceptors (Lipinski definition) is 3. The summed E-state index contributed by atoms with van der Waals surface area (Å²) in [4.78, 5) is 10.7. The molecule has 2 aromatic rings. The highest BCUT2D eigenvalue weighted by Crippen LogP contribution is 2.29. The third-order valence-electron chi connectivity index (χ3n) is 2.91. The zero-order chi connectivity index (χ0) is 11.3. The molecule has 16 heavy (non-hydrogen) atoms. The number of hydrogen-bond donors (Lipinski definition) is 0. The van der Waals surface area contributed by atoms with Crippen LogP contribution in [0.5, 0.6) is 0 Å². The van der Waals surface area contributed by atoms with E-state index in [0.29, 0.717) is 10.3 Å². The maximum Gasteiger partial charge on any atom is 0.206 e. The number of imidazole rings is 1. The maximum absolute atomic E-state index is 6.02. The summed E-state index contributed by atoms with van der Waals surface area (Å²) in [6.07, 6.45) is 1.22. The number of nitrogens with zero attached hydrogens (tertiary/aromatic N) is 4. The molecule has 1 aliphatic rings. The molecule has 0 unspecified atom stereocenters. The predicted octanol–water partition coefficient (Wildman–Crippen LogP) is 2.49. The summed E-state index contributed by atoms with van der Waals surface area (Å²) >= 11 is 11.9. The van der Waals surface area contributed by atoms with Gasteiger partial charge in [0, 0.05) is 26.2 Å². The molecule has 0 aliphatic carbocycles. The minimum atomic E-state index is 0.366. The van der Waals surface area contributed by atoms with Gasteiger partial charge in [0.15, 0.2) is 5.15 Å². The molecule has 0 aromatic carbocycles. The molecule has 1 fully saturated rings. The average molecular weight is 257 g/mol. The van der Waals surface area contributed by atoms with Gasteiger partial charge in [-0.2, -0.15) is 0 Å². The fourth-order valence-electron chi connectivity index (χ4n) is 1.91. The van der Waals surface area contributed by atoms with Crippen LogP contribution in [-0.2, 0) is 7.05 Å². The highest BCUT2D eigenvalue weighted by molar-refractivity contribution is 6.36. The predicted molar refractivity (Wildman–Crippen MR) is 65.4 cm³/mol. The van der Waals surface area contributed by atoms with Crippen molar-refractivity contribution in [2.45, 2.75) is 6.42 Å². The van der Waals surface area contributed by atoms with E-state index in [0.717, 1.165) is 30.1 Å². The zero-order valence-electron chi connectivity index (χ0n) is 8.74. The fraction of sp³-hybridized carbons (Fsp3) is 0.400. The van der Waals surface area contributed by atoms with Gasteiger partial charge in [-0.15, -0.1) is 0 Å². The molecule has 0 amide bonds. The van der Waals surface area contributed by atoms with Crippen LogP contribution in [0.2, 0.25) is 10.3 Å². The minimum absolute atomic E-state index is 0.366. The number of aryl methyl sites for hydroxylation is 1. The van der Waals surface area contributed by atoms with Crippen molar-refractivity contribution < 1.29 is 0 Å². The van der Waals surface area contributed by atoms with Crippen LogP contribution < -0.4 is 4.90 Å². The van der Waals surface area contributed by atoms with Gasteiger partial charge >= 0.3 is 0 Å². The van der Waals surface area contributed by atoms with E-state index < -0.39 is 0 Å². The normalized spacial score (nSPS) is 15.6. The molecule has 1 saturated heterocycles. The smallest absolute Gasteiger partial charge is 0.206 e. The number of aromatic nitrogens is 3. The first kappa shape index (κ1) is 10.2. The Morgan fingerprint density at radius 1 is 1.25 bits per heavy atom. The topological polar surface area (TPSA) is 34.0 Å². The molecular weight excluding hydrogens is 247 g/mol. The lowest BCUT2D eigenvalue weighted by Gasteiger charge is -2.31. The van der Waals surface area contributed by atoms with Crippen LogP contribution in [0.15, 0.2) is 6.07 Å². The largest absolute Gasteiger partial charge is 0.342 e. The summed E-state index contributed by atoms with van der Waals surface area (Å²) in [5.74, 6) is 0.937. The number of halogens is 2. The number of rotatable bonds is 1. The van der Waals surface area contributed by atoms with Crippen molar-refractivity contribution in [3.05, 3.63) is 16.4 Å². The Kier molecular flexibility index (Phi) is 2.23. The molecular formula is C10H10Cl2N4. The van der Waals surface area contributed by atoms with Crippen LogP contribution in [0.1, 0.15) is 6.42 Å². The summed E-state index contributed by atoms with van der Waals surface area (Å²) in [5, 5.41) is 0.764. The lowest BCUT2D eigenvalue weighted by atomic mass is 10.2.